The Balaban J connectivity index is 2.53. The van der Waals surface area contributed by atoms with Crippen LogP contribution in [0.2, 0.25) is 0 Å². The third kappa shape index (κ3) is 3.12. The summed E-state index contributed by atoms with van der Waals surface area (Å²) in [6.45, 7) is 15.5. The highest BCUT2D eigenvalue weighted by Gasteiger charge is 2.43. The Kier molecular flexibility index (Phi) is 4.08. The number of amides is 1. The minimum absolute atomic E-state index is 0.0283. The van der Waals surface area contributed by atoms with Crippen LogP contribution in [0.5, 0.6) is 5.75 Å². The van der Waals surface area contributed by atoms with Crippen LogP contribution < -0.4 is 10.1 Å². The van der Waals surface area contributed by atoms with Gasteiger partial charge in [-0.1, -0.05) is 20.8 Å². The van der Waals surface area contributed by atoms with Gasteiger partial charge in [0.05, 0.1) is 11.3 Å². The first-order chi connectivity index (χ1) is 10.3. The lowest BCUT2D eigenvalue weighted by atomic mass is 9.90. The number of ether oxygens (including phenoxy) is 1. The van der Waals surface area contributed by atoms with Crippen molar-refractivity contribution >= 4 is 17.4 Å². The molecular weight excluding hydrogens is 290 g/mol. The van der Waals surface area contributed by atoms with E-state index in [0.29, 0.717) is 23.4 Å². The van der Waals surface area contributed by atoms with Gasteiger partial charge in [-0.15, -0.1) is 0 Å². The highest BCUT2D eigenvalue weighted by Crippen LogP contribution is 2.45. The number of rotatable bonds is 2. The first kappa shape index (κ1) is 17.5. The molecule has 0 saturated carbocycles. The van der Waals surface area contributed by atoms with E-state index in [-0.39, 0.29) is 17.1 Å². The van der Waals surface area contributed by atoms with E-state index >= 15 is 0 Å². The largest absolute Gasteiger partial charge is 0.477 e. The van der Waals surface area contributed by atoms with E-state index in [1.54, 1.807) is 13.8 Å². The zero-order valence-electron chi connectivity index (χ0n) is 15.4. The minimum atomic E-state index is -0.892. The van der Waals surface area contributed by atoms with Crippen molar-refractivity contribution in [3.05, 3.63) is 22.3 Å². The van der Waals surface area contributed by atoms with E-state index in [1.165, 1.54) is 0 Å². The van der Waals surface area contributed by atoms with Crippen molar-refractivity contribution in [2.45, 2.75) is 67.4 Å². The maximum Gasteiger partial charge on any atom is 0.225 e. The summed E-state index contributed by atoms with van der Waals surface area (Å²) >= 11 is 0. The monoisotopic (exact) mass is 317 g/mol. The highest BCUT2D eigenvalue weighted by molar-refractivity contribution is 6.11. The maximum atomic E-state index is 12.6. The summed E-state index contributed by atoms with van der Waals surface area (Å²) in [6.07, 6.45) is 0.408. The fourth-order valence-electron chi connectivity index (χ4n) is 2.92. The maximum absolute atomic E-state index is 12.6. The summed E-state index contributed by atoms with van der Waals surface area (Å²) in [7, 11) is 0. The third-order valence-corrected chi connectivity index (χ3v) is 4.42. The fourth-order valence-corrected chi connectivity index (χ4v) is 2.92. The molecule has 1 aromatic carbocycles. The first-order valence-electron chi connectivity index (χ1n) is 8.02. The molecule has 0 radical (unpaired) electrons. The Bertz CT molecular complexity index is 694. The number of benzene rings is 1. The molecular formula is C19H27NO3. The summed E-state index contributed by atoms with van der Waals surface area (Å²) < 4.78 is 5.92. The van der Waals surface area contributed by atoms with Crippen molar-refractivity contribution in [2.24, 2.45) is 5.41 Å². The average Bonchev–Trinajstić information content (AvgIpc) is 2.61. The number of Topliss-reactive ketones (excluding diaryl/α,β-unsaturated/α-hetero) is 1. The number of hydrogen-bond donors (Lipinski definition) is 1. The SMILES string of the molecule is Cc1c(C)c(NC(=O)CC(C)(C)C)c2c(c1C)C(=O)C(C)(C)O2. The zero-order chi connectivity index (χ0) is 17.7. The second-order valence-electron chi connectivity index (χ2n) is 8.18. The van der Waals surface area contributed by atoms with Crippen molar-refractivity contribution < 1.29 is 14.3 Å². The minimum Gasteiger partial charge on any atom is -0.477 e. The molecule has 0 aromatic heterocycles. The van der Waals surface area contributed by atoms with Gasteiger partial charge in [0.1, 0.15) is 0 Å². The zero-order valence-corrected chi connectivity index (χ0v) is 15.4. The fraction of sp³-hybridized carbons (Fsp3) is 0.579. The molecule has 1 amide bonds. The van der Waals surface area contributed by atoms with Crippen molar-refractivity contribution in [1.29, 1.82) is 0 Å². The second kappa shape index (κ2) is 5.36. The third-order valence-electron chi connectivity index (χ3n) is 4.42. The lowest BCUT2D eigenvalue weighted by Gasteiger charge is -2.21. The summed E-state index contributed by atoms with van der Waals surface area (Å²) in [5.41, 5.74) is 3.15. The first-order valence-corrected chi connectivity index (χ1v) is 8.02. The van der Waals surface area contributed by atoms with Crippen LogP contribution in [0.25, 0.3) is 0 Å². The van der Waals surface area contributed by atoms with Gasteiger partial charge in [0, 0.05) is 6.42 Å². The smallest absolute Gasteiger partial charge is 0.225 e. The van der Waals surface area contributed by atoms with E-state index in [0.717, 1.165) is 16.7 Å². The van der Waals surface area contributed by atoms with Gasteiger partial charge in [-0.2, -0.15) is 0 Å². The molecule has 0 saturated heterocycles. The van der Waals surface area contributed by atoms with Gasteiger partial charge in [0.2, 0.25) is 11.7 Å². The van der Waals surface area contributed by atoms with Crippen molar-refractivity contribution in [1.82, 2.24) is 0 Å². The highest BCUT2D eigenvalue weighted by atomic mass is 16.5. The Labute approximate surface area is 138 Å². The molecule has 0 fully saturated rings. The van der Waals surface area contributed by atoms with Gasteiger partial charge < -0.3 is 10.1 Å². The predicted molar refractivity (Wildman–Crippen MR) is 92.4 cm³/mol. The van der Waals surface area contributed by atoms with Gasteiger partial charge in [-0.05, 0) is 56.7 Å². The lowest BCUT2D eigenvalue weighted by molar-refractivity contribution is -0.117. The van der Waals surface area contributed by atoms with E-state index in [1.807, 2.05) is 41.5 Å². The molecule has 2 rings (SSSR count). The molecule has 1 N–H and O–H groups in total. The molecule has 1 aromatic rings. The number of ketones is 1. The molecule has 4 nitrogen and oxygen atoms in total. The Morgan fingerprint density at radius 1 is 1.09 bits per heavy atom. The molecule has 0 spiro atoms. The normalized spacial score (nSPS) is 16.1. The van der Waals surface area contributed by atoms with Crippen molar-refractivity contribution in [3.63, 3.8) is 0 Å². The summed E-state index contributed by atoms with van der Waals surface area (Å²) in [5, 5.41) is 2.98. The number of hydrogen-bond acceptors (Lipinski definition) is 3. The Hall–Kier alpha value is -1.84. The molecule has 0 bridgehead atoms. The van der Waals surface area contributed by atoms with Gasteiger partial charge in [0.25, 0.3) is 0 Å². The predicted octanol–water partition coefficient (Wildman–Crippen LogP) is 4.34. The van der Waals surface area contributed by atoms with Crippen LogP contribution in [0, 0.1) is 26.2 Å². The van der Waals surface area contributed by atoms with Crippen LogP contribution in [0.15, 0.2) is 0 Å². The number of carbonyl (C=O) groups is 2. The molecule has 23 heavy (non-hydrogen) atoms. The summed E-state index contributed by atoms with van der Waals surface area (Å²) in [4.78, 5) is 25.0. The van der Waals surface area contributed by atoms with Crippen LogP contribution in [0.3, 0.4) is 0 Å². The molecule has 0 atom stereocenters. The molecule has 1 aliphatic rings. The topological polar surface area (TPSA) is 55.4 Å². The second-order valence-corrected chi connectivity index (χ2v) is 8.18. The molecule has 0 unspecified atom stereocenters. The lowest BCUT2D eigenvalue weighted by Crippen LogP contribution is -2.32. The van der Waals surface area contributed by atoms with Crippen molar-refractivity contribution in [3.8, 4) is 5.75 Å². The number of fused-ring (bicyclic) bond motifs is 1. The average molecular weight is 317 g/mol. The standard InChI is InChI=1S/C19H27NO3/c1-10-11(2)14-16(23-19(7,8)17(14)22)15(12(10)3)20-13(21)9-18(4,5)6/h9H2,1-8H3,(H,20,21). The Morgan fingerprint density at radius 3 is 2.17 bits per heavy atom. The molecule has 4 heteroatoms. The van der Waals surface area contributed by atoms with Crippen LogP contribution in [0.1, 0.15) is 68.1 Å². The number of nitrogens with one attached hydrogen (secondary N) is 1. The number of carbonyl (C=O) groups excluding carboxylic acids is 2. The van der Waals surface area contributed by atoms with Crippen LogP contribution in [-0.2, 0) is 4.79 Å². The van der Waals surface area contributed by atoms with Gasteiger partial charge in [-0.3, -0.25) is 9.59 Å². The molecule has 1 aliphatic heterocycles. The van der Waals surface area contributed by atoms with Crippen LogP contribution in [-0.4, -0.2) is 17.3 Å². The van der Waals surface area contributed by atoms with E-state index in [2.05, 4.69) is 5.32 Å². The molecule has 0 aliphatic carbocycles. The molecule has 1 heterocycles. The van der Waals surface area contributed by atoms with Gasteiger partial charge in [0.15, 0.2) is 11.4 Å². The van der Waals surface area contributed by atoms with Crippen LogP contribution >= 0.6 is 0 Å². The van der Waals surface area contributed by atoms with E-state index in [4.69, 9.17) is 4.74 Å². The van der Waals surface area contributed by atoms with Gasteiger partial charge in [-0.25, -0.2) is 0 Å². The van der Waals surface area contributed by atoms with Crippen LogP contribution in [0.4, 0.5) is 5.69 Å². The summed E-state index contributed by atoms with van der Waals surface area (Å²) in [6, 6.07) is 0. The van der Waals surface area contributed by atoms with E-state index < -0.39 is 5.60 Å². The summed E-state index contributed by atoms with van der Waals surface area (Å²) in [5.74, 6) is 0.425. The Morgan fingerprint density at radius 2 is 1.65 bits per heavy atom. The quantitative estimate of drug-likeness (QED) is 0.882. The van der Waals surface area contributed by atoms with Gasteiger partial charge >= 0.3 is 0 Å². The molecule has 126 valence electrons. The number of anilines is 1. The van der Waals surface area contributed by atoms with Crippen molar-refractivity contribution in [2.75, 3.05) is 5.32 Å². The van der Waals surface area contributed by atoms with E-state index in [9.17, 15) is 9.59 Å².